The van der Waals surface area contributed by atoms with Crippen LogP contribution in [0, 0.1) is 0 Å². The summed E-state index contributed by atoms with van der Waals surface area (Å²) >= 11 is 0. The van der Waals surface area contributed by atoms with Gasteiger partial charge in [0.1, 0.15) is 30.2 Å². The molecular weight excluding hydrogens is 392 g/mol. The maximum atomic E-state index is 11.5. The predicted octanol–water partition coefficient (Wildman–Crippen LogP) is 0.648. The van der Waals surface area contributed by atoms with Crippen LogP contribution in [0.4, 0.5) is 0 Å². The van der Waals surface area contributed by atoms with Gasteiger partial charge >= 0.3 is 5.97 Å². The molecule has 2 aliphatic rings. The molecule has 1 saturated carbocycles. The molecule has 1 aliphatic heterocycles. The molecule has 0 bridgehead atoms. The normalized spacial score (nSPS) is 29.9. The highest BCUT2D eigenvalue weighted by Crippen LogP contribution is 2.48. The van der Waals surface area contributed by atoms with Crippen LogP contribution in [0.5, 0.6) is 5.75 Å². The maximum Gasteiger partial charge on any atom is 0.314 e. The molecule has 2 aromatic rings. The summed E-state index contributed by atoms with van der Waals surface area (Å²) in [5.41, 5.74) is 1.88. The van der Waals surface area contributed by atoms with Crippen molar-refractivity contribution in [1.82, 2.24) is 0 Å². The van der Waals surface area contributed by atoms with Gasteiger partial charge in [-0.1, -0.05) is 36.4 Å². The second-order valence-electron chi connectivity index (χ2n) is 7.80. The van der Waals surface area contributed by atoms with Crippen LogP contribution in [-0.4, -0.2) is 68.8 Å². The van der Waals surface area contributed by atoms with Crippen molar-refractivity contribution in [1.29, 1.82) is 0 Å². The van der Waals surface area contributed by atoms with E-state index in [1.807, 2.05) is 24.3 Å². The van der Waals surface area contributed by atoms with E-state index in [1.54, 1.807) is 24.3 Å². The molecule has 5 N–H and O–H groups in total. The van der Waals surface area contributed by atoms with Gasteiger partial charge in [0.15, 0.2) is 0 Å². The number of ether oxygens (including phenoxy) is 2. The van der Waals surface area contributed by atoms with E-state index in [-0.39, 0.29) is 0 Å². The average Bonchev–Trinajstić information content (AvgIpc) is 3.57. The molecule has 0 unspecified atom stereocenters. The Balaban J connectivity index is 1.45. The first-order valence-electron chi connectivity index (χ1n) is 9.77. The summed E-state index contributed by atoms with van der Waals surface area (Å²) in [5, 5.41) is 48.4. The molecule has 8 nitrogen and oxygen atoms in total. The molecule has 1 heterocycles. The molecule has 0 radical (unpaired) electrons. The predicted molar refractivity (Wildman–Crippen MR) is 105 cm³/mol. The standard InChI is InChI=1S/C22H24O8/c23-11-16-17(24)18(25)19(26)20(30-16)29-15-7-3-13(4-8-15)12-1-5-14(6-2-12)22(9-10-22)21(27)28/h1-8,16-20,23-26H,9-11H2,(H,27,28)/t16-,17-,18+,19+,20+/m1/s1. The Morgan fingerprint density at radius 2 is 1.50 bits per heavy atom. The number of carboxylic acids is 1. The van der Waals surface area contributed by atoms with E-state index in [0.717, 1.165) is 16.7 Å². The molecule has 2 aromatic carbocycles. The third-order valence-corrected chi connectivity index (χ3v) is 5.89. The second-order valence-corrected chi connectivity index (χ2v) is 7.80. The fraction of sp³-hybridized carbons (Fsp3) is 0.409. The fourth-order valence-electron chi connectivity index (χ4n) is 3.76. The summed E-state index contributed by atoms with van der Waals surface area (Å²) in [7, 11) is 0. The molecule has 2 fully saturated rings. The summed E-state index contributed by atoms with van der Waals surface area (Å²) in [6.07, 6.45) is -5.37. The molecule has 0 amide bonds. The van der Waals surface area contributed by atoms with Crippen LogP contribution in [-0.2, 0) is 14.9 Å². The maximum absolute atomic E-state index is 11.5. The molecule has 0 aromatic heterocycles. The third kappa shape index (κ3) is 3.68. The van der Waals surface area contributed by atoms with E-state index in [2.05, 4.69) is 0 Å². The van der Waals surface area contributed by atoms with Gasteiger partial charge in [0.05, 0.1) is 12.0 Å². The van der Waals surface area contributed by atoms with Gasteiger partial charge in [0.25, 0.3) is 0 Å². The van der Waals surface area contributed by atoms with Gasteiger partial charge in [-0.05, 0) is 41.7 Å². The molecule has 8 heteroatoms. The van der Waals surface area contributed by atoms with Crippen LogP contribution in [0.1, 0.15) is 18.4 Å². The van der Waals surface area contributed by atoms with Crippen LogP contribution in [0.3, 0.4) is 0 Å². The Morgan fingerprint density at radius 3 is 2.00 bits per heavy atom. The first kappa shape index (κ1) is 20.8. The van der Waals surface area contributed by atoms with E-state index in [1.165, 1.54) is 0 Å². The van der Waals surface area contributed by atoms with E-state index < -0.39 is 48.7 Å². The molecule has 0 spiro atoms. The molecule has 1 aliphatic carbocycles. The fourth-order valence-corrected chi connectivity index (χ4v) is 3.76. The van der Waals surface area contributed by atoms with Gasteiger partial charge in [-0.15, -0.1) is 0 Å². The van der Waals surface area contributed by atoms with Gasteiger partial charge in [-0.25, -0.2) is 0 Å². The Labute approximate surface area is 172 Å². The van der Waals surface area contributed by atoms with Crippen molar-refractivity contribution in [2.75, 3.05) is 6.61 Å². The van der Waals surface area contributed by atoms with Gasteiger partial charge < -0.3 is 35.0 Å². The van der Waals surface area contributed by atoms with Crippen LogP contribution >= 0.6 is 0 Å². The Morgan fingerprint density at radius 1 is 0.933 bits per heavy atom. The minimum atomic E-state index is -1.50. The number of hydrogen-bond acceptors (Lipinski definition) is 7. The average molecular weight is 416 g/mol. The Bertz CT molecular complexity index is 888. The van der Waals surface area contributed by atoms with Gasteiger partial charge in [0, 0.05) is 0 Å². The number of aliphatic carboxylic acids is 1. The van der Waals surface area contributed by atoms with Crippen molar-refractivity contribution in [2.45, 2.75) is 49.0 Å². The van der Waals surface area contributed by atoms with Crippen LogP contribution in [0.25, 0.3) is 11.1 Å². The zero-order valence-corrected chi connectivity index (χ0v) is 16.1. The zero-order chi connectivity index (χ0) is 21.5. The van der Waals surface area contributed by atoms with Crippen molar-refractivity contribution >= 4 is 5.97 Å². The van der Waals surface area contributed by atoms with Crippen molar-refractivity contribution in [3.8, 4) is 16.9 Å². The monoisotopic (exact) mass is 416 g/mol. The summed E-state index contributed by atoms with van der Waals surface area (Å²) < 4.78 is 10.9. The number of hydrogen-bond donors (Lipinski definition) is 5. The molecule has 1 saturated heterocycles. The van der Waals surface area contributed by atoms with Crippen molar-refractivity contribution in [3.05, 3.63) is 54.1 Å². The van der Waals surface area contributed by atoms with Crippen LogP contribution in [0.2, 0.25) is 0 Å². The lowest BCUT2D eigenvalue weighted by atomic mass is 9.94. The topological polar surface area (TPSA) is 137 Å². The van der Waals surface area contributed by atoms with E-state index in [9.17, 15) is 30.3 Å². The summed E-state index contributed by atoms with van der Waals surface area (Å²) in [6.45, 7) is -0.525. The van der Waals surface area contributed by atoms with Gasteiger partial charge in [-0.2, -0.15) is 0 Å². The molecule has 160 valence electrons. The lowest BCUT2D eigenvalue weighted by Gasteiger charge is -2.39. The largest absolute Gasteiger partial charge is 0.481 e. The third-order valence-electron chi connectivity index (χ3n) is 5.89. The highest BCUT2D eigenvalue weighted by Gasteiger charge is 2.51. The van der Waals surface area contributed by atoms with Gasteiger partial charge in [-0.3, -0.25) is 4.79 Å². The van der Waals surface area contributed by atoms with Crippen molar-refractivity contribution in [3.63, 3.8) is 0 Å². The highest BCUT2D eigenvalue weighted by atomic mass is 16.7. The molecular formula is C22H24O8. The van der Waals surface area contributed by atoms with E-state index >= 15 is 0 Å². The Hall–Kier alpha value is -2.49. The minimum Gasteiger partial charge on any atom is -0.481 e. The first-order valence-corrected chi connectivity index (χ1v) is 9.77. The number of carbonyl (C=O) groups is 1. The summed E-state index contributed by atoms with van der Waals surface area (Å²) in [5.74, 6) is -0.410. The summed E-state index contributed by atoms with van der Waals surface area (Å²) in [6, 6.07) is 14.4. The highest BCUT2D eigenvalue weighted by molar-refractivity contribution is 5.85. The van der Waals surface area contributed by atoms with E-state index in [0.29, 0.717) is 18.6 Å². The smallest absolute Gasteiger partial charge is 0.314 e. The SMILES string of the molecule is O=C(O)C1(c2ccc(-c3ccc(O[C@H]4O[C@H](CO)[C@@H](O)[C@H](O)[C@@H]4O)cc3)cc2)CC1. The first-order chi connectivity index (χ1) is 14.4. The minimum absolute atomic E-state index is 0.377. The number of aliphatic hydroxyl groups excluding tert-OH is 4. The molecule has 30 heavy (non-hydrogen) atoms. The number of benzene rings is 2. The number of rotatable bonds is 6. The summed E-state index contributed by atoms with van der Waals surface area (Å²) in [4.78, 5) is 11.5. The van der Waals surface area contributed by atoms with Gasteiger partial charge in [0.2, 0.25) is 6.29 Å². The quantitative estimate of drug-likeness (QED) is 0.463. The second kappa shape index (κ2) is 7.98. The number of aliphatic hydroxyl groups is 4. The Kier molecular flexibility index (Phi) is 5.52. The lowest BCUT2D eigenvalue weighted by Crippen LogP contribution is -2.60. The van der Waals surface area contributed by atoms with Crippen molar-refractivity contribution < 1.29 is 39.8 Å². The zero-order valence-electron chi connectivity index (χ0n) is 16.1. The van der Waals surface area contributed by atoms with Crippen LogP contribution < -0.4 is 4.74 Å². The van der Waals surface area contributed by atoms with Crippen LogP contribution in [0.15, 0.2) is 48.5 Å². The van der Waals surface area contributed by atoms with E-state index in [4.69, 9.17) is 9.47 Å². The molecule has 4 rings (SSSR count). The molecule has 5 atom stereocenters. The van der Waals surface area contributed by atoms with Crippen molar-refractivity contribution in [2.24, 2.45) is 0 Å². The number of carboxylic acid groups (broad SMARTS) is 1. The lowest BCUT2D eigenvalue weighted by molar-refractivity contribution is -0.277.